The Bertz CT molecular complexity index is 577. The van der Waals surface area contributed by atoms with Crippen molar-refractivity contribution in [2.75, 3.05) is 13.1 Å². The van der Waals surface area contributed by atoms with E-state index in [2.05, 4.69) is 34.1 Å². The van der Waals surface area contributed by atoms with E-state index in [4.69, 9.17) is 0 Å². The smallest absolute Gasteiger partial charge is 0.129 e. The summed E-state index contributed by atoms with van der Waals surface area (Å²) in [5.41, 5.74) is 7.08. The van der Waals surface area contributed by atoms with Gasteiger partial charge in [0.15, 0.2) is 0 Å². The highest BCUT2D eigenvalue weighted by Gasteiger charge is 2.27. The maximum Gasteiger partial charge on any atom is 0.129 e. The van der Waals surface area contributed by atoms with Gasteiger partial charge in [0.05, 0.1) is 24.5 Å². The largest absolute Gasteiger partial charge is 0.380 e. The van der Waals surface area contributed by atoms with E-state index in [9.17, 15) is 0 Å². The number of rotatable bonds is 0. The highest BCUT2D eigenvalue weighted by molar-refractivity contribution is 6.00. The number of hydrogen-bond acceptors (Lipinski definition) is 3. The maximum atomic E-state index is 4.65. The third kappa shape index (κ3) is 1.49. The van der Waals surface area contributed by atoms with Gasteiger partial charge in [-0.25, -0.2) is 4.99 Å². The van der Waals surface area contributed by atoms with Gasteiger partial charge in [0, 0.05) is 11.3 Å². The van der Waals surface area contributed by atoms with Gasteiger partial charge in [-0.2, -0.15) is 0 Å². The lowest BCUT2D eigenvalue weighted by Gasteiger charge is -2.36. The SMILES string of the molecule is C=C=C1c2ccccc2N=C2CNC(=C)CN12. The Morgan fingerprint density at radius 3 is 3.00 bits per heavy atom. The molecule has 0 spiro atoms. The van der Waals surface area contributed by atoms with Gasteiger partial charge in [0.1, 0.15) is 5.84 Å². The summed E-state index contributed by atoms with van der Waals surface area (Å²) in [6, 6.07) is 8.07. The number of piperazine rings is 1. The number of para-hydroxylation sites is 1. The van der Waals surface area contributed by atoms with Crippen LogP contribution in [0.5, 0.6) is 0 Å². The van der Waals surface area contributed by atoms with E-state index < -0.39 is 0 Å². The lowest BCUT2D eigenvalue weighted by molar-refractivity contribution is 0.552. The predicted molar refractivity (Wildman–Crippen MR) is 69.9 cm³/mol. The van der Waals surface area contributed by atoms with Gasteiger partial charge in [-0.15, -0.1) is 5.73 Å². The molecule has 2 aliphatic heterocycles. The summed E-state index contributed by atoms with van der Waals surface area (Å²) in [6.45, 7) is 9.19. The van der Waals surface area contributed by atoms with Gasteiger partial charge >= 0.3 is 0 Å². The highest BCUT2D eigenvalue weighted by Crippen LogP contribution is 2.34. The Morgan fingerprint density at radius 2 is 2.18 bits per heavy atom. The van der Waals surface area contributed by atoms with Gasteiger partial charge in [-0.3, -0.25) is 0 Å². The molecule has 0 aliphatic carbocycles. The lowest BCUT2D eigenvalue weighted by Crippen LogP contribution is -2.46. The summed E-state index contributed by atoms with van der Waals surface area (Å²) in [5.74, 6) is 1.00. The number of nitrogens with zero attached hydrogens (tertiary/aromatic N) is 2. The van der Waals surface area contributed by atoms with E-state index in [1.807, 2.05) is 24.3 Å². The summed E-state index contributed by atoms with van der Waals surface area (Å²) in [6.07, 6.45) is 0. The average molecular weight is 223 g/mol. The molecular weight excluding hydrogens is 210 g/mol. The summed E-state index contributed by atoms with van der Waals surface area (Å²) >= 11 is 0. The second kappa shape index (κ2) is 3.65. The van der Waals surface area contributed by atoms with E-state index in [0.717, 1.165) is 35.0 Å². The summed E-state index contributed by atoms with van der Waals surface area (Å²) < 4.78 is 0. The molecule has 84 valence electrons. The molecule has 17 heavy (non-hydrogen) atoms. The molecule has 2 aliphatic rings. The first-order valence-corrected chi connectivity index (χ1v) is 5.56. The van der Waals surface area contributed by atoms with Gasteiger partial charge in [0.2, 0.25) is 0 Å². The van der Waals surface area contributed by atoms with Crippen LogP contribution in [0.2, 0.25) is 0 Å². The monoisotopic (exact) mass is 223 g/mol. The number of aliphatic imine (C=N–C) groups is 1. The first kappa shape index (κ1) is 9.94. The summed E-state index contributed by atoms with van der Waals surface area (Å²) in [4.78, 5) is 6.77. The molecule has 0 amide bonds. The van der Waals surface area contributed by atoms with Crippen molar-refractivity contribution in [2.24, 2.45) is 4.99 Å². The van der Waals surface area contributed by atoms with Crippen molar-refractivity contribution < 1.29 is 0 Å². The van der Waals surface area contributed by atoms with Crippen molar-refractivity contribution in [3.8, 4) is 0 Å². The zero-order valence-corrected chi connectivity index (χ0v) is 9.53. The molecule has 0 radical (unpaired) electrons. The third-order valence-electron chi connectivity index (χ3n) is 3.00. The van der Waals surface area contributed by atoms with Crippen molar-refractivity contribution in [3.05, 3.63) is 54.4 Å². The minimum atomic E-state index is 0.707. The first-order chi connectivity index (χ1) is 8.29. The molecule has 3 nitrogen and oxygen atoms in total. The minimum Gasteiger partial charge on any atom is -0.380 e. The zero-order valence-electron chi connectivity index (χ0n) is 9.53. The van der Waals surface area contributed by atoms with Gasteiger partial charge in [-0.1, -0.05) is 31.4 Å². The molecule has 1 aromatic carbocycles. The molecule has 2 heterocycles. The number of amidine groups is 1. The highest BCUT2D eigenvalue weighted by atomic mass is 15.3. The first-order valence-electron chi connectivity index (χ1n) is 5.56. The second-order valence-corrected chi connectivity index (χ2v) is 4.11. The average Bonchev–Trinajstić information content (AvgIpc) is 2.36. The van der Waals surface area contributed by atoms with Gasteiger partial charge in [-0.05, 0) is 6.07 Å². The molecule has 1 saturated heterocycles. The fourth-order valence-corrected chi connectivity index (χ4v) is 2.19. The quantitative estimate of drug-likeness (QED) is 0.683. The summed E-state index contributed by atoms with van der Waals surface area (Å²) in [5, 5.41) is 3.23. The number of nitrogens with one attached hydrogen (secondary N) is 1. The van der Waals surface area contributed by atoms with E-state index in [0.29, 0.717) is 6.54 Å². The van der Waals surface area contributed by atoms with Crippen LogP contribution in [-0.2, 0) is 0 Å². The van der Waals surface area contributed by atoms with E-state index in [-0.39, 0.29) is 0 Å². The molecule has 1 fully saturated rings. The minimum absolute atomic E-state index is 0.707. The van der Waals surface area contributed by atoms with Crippen LogP contribution in [0.25, 0.3) is 5.70 Å². The maximum absolute atomic E-state index is 4.65. The van der Waals surface area contributed by atoms with Crippen LogP contribution >= 0.6 is 0 Å². The molecule has 0 unspecified atom stereocenters. The van der Waals surface area contributed by atoms with Crippen LogP contribution in [0.15, 0.2) is 53.8 Å². The lowest BCUT2D eigenvalue weighted by atomic mass is 10.1. The van der Waals surface area contributed by atoms with Crippen molar-refractivity contribution >= 4 is 17.2 Å². The molecule has 1 N–H and O–H groups in total. The molecule has 0 atom stereocenters. The second-order valence-electron chi connectivity index (χ2n) is 4.11. The van der Waals surface area contributed by atoms with Crippen LogP contribution in [0.3, 0.4) is 0 Å². The molecule has 0 bridgehead atoms. The van der Waals surface area contributed by atoms with E-state index in [1.165, 1.54) is 0 Å². The Labute approximate surface area is 100 Å². The van der Waals surface area contributed by atoms with Gasteiger partial charge < -0.3 is 10.2 Å². The molecule has 0 saturated carbocycles. The molecule has 3 heteroatoms. The Balaban J connectivity index is 2.18. The zero-order chi connectivity index (χ0) is 11.8. The standard InChI is InChI=1S/C14H13N3/c1-3-13-11-6-4-5-7-12(11)16-14-8-15-10(2)9-17(13)14/h4-7,15H,1-2,8-9H2. The Hall–Kier alpha value is -2.25. The van der Waals surface area contributed by atoms with Crippen LogP contribution < -0.4 is 5.32 Å². The number of fused-ring (bicyclic) bond motifs is 2. The van der Waals surface area contributed by atoms with Crippen LogP contribution in [0.4, 0.5) is 5.69 Å². The van der Waals surface area contributed by atoms with Crippen molar-refractivity contribution in [1.29, 1.82) is 0 Å². The fraction of sp³-hybridized carbons (Fsp3) is 0.143. The normalized spacial score (nSPS) is 17.6. The fourth-order valence-electron chi connectivity index (χ4n) is 2.19. The van der Waals surface area contributed by atoms with Crippen LogP contribution in [0.1, 0.15) is 5.56 Å². The Kier molecular flexibility index (Phi) is 2.13. The van der Waals surface area contributed by atoms with Crippen molar-refractivity contribution in [2.45, 2.75) is 0 Å². The van der Waals surface area contributed by atoms with Gasteiger partial charge in [0.25, 0.3) is 0 Å². The molecular formula is C14H13N3. The Morgan fingerprint density at radius 1 is 1.35 bits per heavy atom. The number of benzene rings is 1. The predicted octanol–water partition coefficient (Wildman–Crippen LogP) is 2.27. The molecule has 0 aromatic heterocycles. The van der Waals surface area contributed by atoms with Crippen LogP contribution in [0, 0.1) is 0 Å². The molecule has 3 rings (SSSR count). The van der Waals surface area contributed by atoms with E-state index >= 15 is 0 Å². The van der Waals surface area contributed by atoms with E-state index in [1.54, 1.807) is 0 Å². The molecule has 1 aromatic rings. The summed E-state index contributed by atoms with van der Waals surface area (Å²) in [7, 11) is 0. The van der Waals surface area contributed by atoms with Crippen LogP contribution in [-0.4, -0.2) is 23.8 Å². The third-order valence-corrected chi connectivity index (χ3v) is 3.00. The number of hydrogen-bond donors (Lipinski definition) is 1. The van der Waals surface area contributed by atoms with Crippen molar-refractivity contribution in [1.82, 2.24) is 10.2 Å². The van der Waals surface area contributed by atoms with Crippen molar-refractivity contribution in [3.63, 3.8) is 0 Å². The topological polar surface area (TPSA) is 27.6 Å².